The Kier molecular flexibility index (Phi) is 11.1. The molecule has 2 aromatic carbocycles. The van der Waals surface area contributed by atoms with E-state index in [1.54, 1.807) is 17.0 Å². The number of fused-ring (bicyclic) bond motifs is 1. The number of sulfonamides is 1. The van der Waals surface area contributed by atoms with Gasteiger partial charge in [-0.3, -0.25) is 9.59 Å². The SMILES string of the molecule is CN(CCCNC(=O)[C@H](CC1CCN(C(=O)OC(C)(C)C)CC1)NC(=O)c1cc2ccccc2s1)S(=O)(=O)c1ccccc1N. The van der Waals surface area contributed by atoms with Crippen LogP contribution in [0.5, 0.6) is 0 Å². The van der Waals surface area contributed by atoms with Crippen LogP contribution >= 0.6 is 11.3 Å². The molecule has 13 heteroatoms. The van der Waals surface area contributed by atoms with Gasteiger partial charge >= 0.3 is 6.09 Å². The number of piperidine rings is 1. The van der Waals surface area contributed by atoms with E-state index >= 15 is 0 Å². The Morgan fingerprint density at radius 2 is 1.76 bits per heavy atom. The zero-order chi connectivity index (χ0) is 32.8. The van der Waals surface area contributed by atoms with Gasteiger partial charge in [-0.25, -0.2) is 17.5 Å². The third-order valence-corrected chi connectivity index (χ3v) is 10.7. The monoisotopic (exact) mass is 657 g/mol. The second kappa shape index (κ2) is 14.6. The van der Waals surface area contributed by atoms with Crippen molar-refractivity contribution in [2.24, 2.45) is 5.92 Å². The van der Waals surface area contributed by atoms with E-state index in [2.05, 4.69) is 10.6 Å². The van der Waals surface area contributed by atoms with Gasteiger partial charge in [0.25, 0.3) is 5.91 Å². The number of nitrogens with zero attached hydrogens (tertiary/aromatic N) is 2. The van der Waals surface area contributed by atoms with Crippen molar-refractivity contribution in [2.75, 3.05) is 39.0 Å². The molecule has 11 nitrogen and oxygen atoms in total. The predicted octanol–water partition coefficient (Wildman–Crippen LogP) is 4.45. The van der Waals surface area contributed by atoms with Gasteiger partial charge in [0.2, 0.25) is 15.9 Å². The molecule has 3 aromatic rings. The lowest BCUT2D eigenvalue weighted by Crippen LogP contribution is -2.49. The molecular formula is C32H43N5O6S2. The maximum Gasteiger partial charge on any atom is 0.410 e. The summed E-state index contributed by atoms with van der Waals surface area (Å²) in [5.74, 6) is -0.555. The number of carbonyl (C=O) groups is 3. The molecule has 0 unspecified atom stereocenters. The first-order valence-electron chi connectivity index (χ1n) is 15.1. The third kappa shape index (κ3) is 9.18. The number of rotatable bonds is 11. The molecule has 0 radical (unpaired) electrons. The molecule has 3 amide bonds. The van der Waals surface area contributed by atoms with Crippen molar-refractivity contribution in [2.45, 2.75) is 63.0 Å². The Hall–Kier alpha value is -3.68. The van der Waals surface area contributed by atoms with Crippen molar-refractivity contribution in [3.05, 3.63) is 59.5 Å². The van der Waals surface area contributed by atoms with Gasteiger partial charge in [0, 0.05) is 37.9 Å². The summed E-state index contributed by atoms with van der Waals surface area (Å²) < 4.78 is 33.6. The molecule has 4 rings (SSSR count). The highest BCUT2D eigenvalue weighted by atomic mass is 32.2. The largest absolute Gasteiger partial charge is 0.444 e. The summed E-state index contributed by atoms with van der Waals surface area (Å²) in [7, 11) is -2.31. The lowest BCUT2D eigenvalue weighted by atomic mass is 9.90. The van der Waals surface area contributed by atoms with E-state index in [1.165, 1.54) is 34.8 Å². The summed E-state index contributed by atoms with van der Waals surface area (Å²) >= 11 is 1.37. The minimum absolute atomic E-state index is 0.0401. The fourth-order valence-corrected chi connectivity index (χ4v) is 7.49. The maximum atomic E-state index is 13.4. The highest BCUT2D eigenvalue weighted by molar-refractivity contribution is 7.89. The molecule has 0 aliphatic carbocycles. The van der Waals surface area contributed by atoms with Crippen molar-refractivity contribution >= 4 is 55.0 Å². The van der Waals surface area contributed by atoms with Gasteiger partial charge in [0.15, 0.2) is 0 Å². The number of likely N-dealkylation sites (tertiary alicyclic amines) is 1. The molecular weight excluding hydrogens is 615 g/mol. The van der Waals surface area contributed by atoms with Crippen molar-refractivity contribution in [3.63, 3.8) is 0 Å². The fraction of sp³-hybridized carbons (Fsp3) is 0.469. The Bertz CT molecular complexity index is 1580. The number of thiophene rings is 1. The lowest BCUT2D eigenvalue weighted by Gasteiger charge is -2.34. The summed E-state index contributed by atoms with van der Waals surface area (Å²) in [6.45, 7) is 6.88. The van der Waals surface area contributed by atoms with Gasteiger partial charge in [-0.1, -0.05) is 30.3 Å². The van der Waals surface area contributed by atoms with Crippen LogP contribution in [0, 0.1) is 5.92 Å². The van der Waals surface area contributed by atoms with Crippen LogP contribution < -0.4 is 16.4 Å². The minimum atomic E-state index is -3.78. The summed E-state index contributed by atoms with van der Waals surface area (Å²) in [5, 5.41) is 6.79. The third-order valence-electron chi connectivity index (χ3n) is 7.66. The Morgan fingerprint density at radius 1 is 1.09 bits per heavy atom. The summed E-state index contributed by atoms with van der Waals surface area (Å²) in [4.78, 5) is 41.5. The van der Waals surface area contributed by atoms with Crippen LogP contribution in [0.2, 0.25) is 0 Å². The van der Waals surface area contributed by atoms with Crippen molar-refractivity contribution in [1.82, 2.24) is 19.8 Å². The molecule has 244 valence electrons. The quantitative estimate of drug-likeness (QED) is 0.204. The molecule has 2 heterocycles. The first kappa shape index (κ1) is 34.2. The second-order valence-electron chi connectivity index (χ2n) is 12.3. The number of anilines is 1. The standard InChI is InChI=1S/C32H43N5O6S2/c1-32(2,3)43-31(40)37-18-14-22(15-19-37)20-25(35-30(39)27-21-23-10-5-7-12-26(23)44-27)29(38)34-16-9-17-36(4)45(41,42)28-13-8-6-11-24(28)33/h5-8,10-13,21-22,25H,9,14-20,33H2,1-4H3,(H,34,38)(H,35,39)/t25-/m0/s1. The number of nitrogen functional groups attached to an aromatic ring is 1. The topological polar surface area (TPSA) is 151 Å². The normalized spacial score (nSPS) is 15.2. The van der Waals surface area contributed by atoms with Crippen molar-refractivity contribution < 1.29 is 27.5 Å². The number of amides is 3. The smallest absolute Gasteiger partial charge is 0.410 e. The molecule has 1 atom stereocenters. The van der Waals surface area contributed by atoms with Gasteiger partial charge in [-0.15, -0.1) is 11.3 Å². The molecule has 0 spiro atoms. The van der Waals surface area contributed by atoms with E-state index < -0.39 is 21.7 Å². The average Bonchev–Trinajstić information content (AvgIpc) is 3.43. The Labute approximate surface area is 269 Å². The van der Waals surface area contributed by atoms with E-state index in [-0.39, 0.29) is 47.5 Å². The molecule has 1 aliphatic heterocycles. The van der Waals surface area contributed by atoms with Gasteiger partial charge in [0.1, 0.15) is 16.5 Å². The van der Waals surface area contributed by atoms with Crippen LogP contribution in [0.3, 0.4) is 0 Å². The number of nitrogens with two attached hydrogens (primary N) is 1. The molecule has 4 N–H and O–H groups in total. The fourth-order valence-electron chi connectivity index (χ4n) is 5.21. The Balaban J connectivity index is 1.37. The van der Waals surface area contributed by atoms with Crippen LogP contribution in [0.25, 0.3) is 10.1 Å². The molecule has 1 aliphatic rings. The first-order chi connectivity index (χ1) is 21.2. The zero-order valence-electron chi connectivity index (χ0n) is 26.2. The molecule has 1 fully saturated rings. The van der Waals surface area contributed by atoms with Crippen LogP contribution in [0.15, 0.2) is 59.5 Å². The number of benzene rings is 2. The number of hydrogen-bond donors (Lipinski definition) is 3. The van der Waals surface area contributed by atoms with E-state index in [0.717, 1.165) is 10.1 Å². The molecule has 1 saturated heterocycles. The average molecular weight is 658 g/mol. The van der Waals surface area contributed by atoms with Crippen LogP contribution in [0.1, 0.15) is 56.1 Å². The van der Waals surface area contributed by atoms with E-state index in [4.69, 9.17) is 10.5 Å². The second-order valence-corrected chi connectivity index (χ2v) is 15.4. The van der Waals surface area contributed by atoms with Gasteiger partial charge in [-0.2, -0.15) is 0 Å². The zero-order valence-corrected chi connectivity index (χ0v) is 27.9. The number of nitrogens with one attached hydrogen (secondary N) is 2. The minimum Gasteiger partial charge on any atom is -0.444 e. The van der Waals surface area contributed by atoms with E-state index in [0.29, 0.717) is 43.6 Å². The summed E-state index contributed by atoms with van der Waals surface area (Å²) in [5.41, 5.74) is 5.47. The van der Waals surface area contributed by atoms with Crippen molar-refractivity contribution in [1.29, 1.82) is 0 Å². The van der Waals surface area contributed by atoms with Gasteiger partial charge in [-0.05, 0) is 82.0 Å². The summed E-state index contributed by atoms with van der Waals surface area (Å²) in [6.07, 6.45) is 1.77. The van der Waals surface area contributed by atoms with E-state index in [9.17, 15) is 22.8 Å². The van der Waals surface area contributed by atoms with Crippen LogP contribution in [-0.2, 0) is 19.6 Å². The number of carbonyl (C=O) groups excluding carboxylic acids is 3. The number of ether oxygens (including phenoxy) is 1. The number of hydrogen-bond acceptors (Lipinski definition) is 8. The highest BCUT2D eigenvalue weighted by Crippen LogP contribution is 2.27. The summed E-state index contributed by atoms with van der Waals surface area (Å²) in [6, 6.07) is 15.0. The van der Waals surface area contributed by atoms with E-state index in [1.807, 2.05) is 51.1 Å². The maximum absolute atomic E-state index is 13.4. The lowest BCUT2D eigenvalue weighted by molar-refractivity contribution is -0.123. The van der Waals surface area contributed by atoms with Gasteiger partial charge < -0.3 is 26.0 Å². The van der Waals surface area contributed by atoms with Crippen LogP contribution in [0.4, 0.5) is 10.5 Å². The molecule has 1 aromatic heterocycles. The number of para-hydroxylation sites is 1. The predicted molar refractivity (Wildman–Crippen MR) is 177 cm³/mol. The van der Waals surface area contributed by atoms with Crippen LogP contribution in [-0.4, -0.2) is 80.4 Å². The molecule has 45 heavy (non-hydrogen) atoms. The highest BCUT2D eigenvalue weighted by Gasteiger charge is 2.31. The molecule has 0 saturated carbocycles. The first-order valence-corrected chi connectivity index (χ1v) is 17.4. The van der Waals surface area contributed by atoms with Crippen molar-refractivity contribution in [3.8, 4) is 0 Å². The molecule has 0 bridgehead atoms. The van der Waals surface area contributed by atoms with Gasteiger partial charge in [0.05, 0.1) is 10.6 Å². The Morgan fingerprint density at radius 3 is 2.42 bits per heavy atom.